The number of fused-ring (bicyclic) bond motifs is 1. The van der Waals surface area contributed by atoms with Crippen LogP contribution >= 0.6 is 0 Å². The lowest BCUT2D eigenvalue weighted by atomic mass is 9.96. The SMILES string of the molecule is CC(C)(C)Cn1c(Cc2ccc(NC(=O)CCC(=O)O)cc2)cc2cnc(C#N)nc21. The predicted molar refractivity (Wildman–Crippen MR) is 116 cm³/mol. The van der Waals surface area contributed by atoms with E-state index in [4.69, 9.17) is 10.4 Å². The third-order valence-electron chi connectivity index (χ3n) is 4.64. The number of nitrogens with one attached hydrogen (secondary N) is 1. The lowest BCUT2D eigenvalue weighted by Crippen LogP contribution is -2.18. The molecule has 0 aliphatic carbocycles. The van der Waals surface area contributed by atoms with Gasteiger partial charge in [-0.25, -0.2) is 9.97 Å². The van der Waals surface area contributed by atoms with Gasteiger partial charge in [0.2, 0.25) is 11.7 Å². The summed E-state index contributed by atoms with van der Waals surface area (Å²) in [5.74, 6) is -1.18. The first-order chi connectivity index (χ1) is 14.6. The molecule has 8 heteroatoms. The third kappa shape index (κ3) is 5.89. The predicted octanol–water partition coefficient (Wildman–Crippen LogP) is 3.74. The molecule has 0 spiro atoms. The molecule has 2 aromatic heterocycles. The highest BCUT2D eigenvalue weighted by molar-refractivity contribution is 5.92. The first kappa shape index (κ1) is 22.0. The minimum atomic E-state index is -0.997. The maximum atomic E-state index is 11.8. The Morgan fingerprint density at radius 1 is 1.19 bits per heavy atom. The van der Waals surface area contributed by atoms with E-state index >= 15 is 0 Å². The topological polar surface area (TPSA) is 121 Å². The summed E-state index contributed by atoms with van der Waals surface area (Å²) in [5, 5.41) is 21.4. The number of anilines is 1. The molecule has 31 heavy (non-hydrogen) atoms. The van der Waals surface area contributed by atoms with Gasteiger partial charge in [0.05, 0.1) is 6.42 Å². The largest absolute Gasteiger partial charge is 0.481 e. The van der Waals surface area contributed by atoms with E-state index in [1.54, 1.807) is 18.3 Å². The van der Waals surface area contributed by atoms with Crippen LogP contribution in [0.15, 0.2) is 36.5 Å². The molecule has 0 fully saturated rings. The van der Waals surface area contributed by atoms with Gasteiger partial charge in [0, 0.05) is 42.4 Å². The molecule has 0 radical (unpaired) electrons. The number of rotatable bonds is 7. The summed E-state index contributed by atoms with van der Waals surface area (Å²) < 4.78 is 2.14. The second kappa shape index (κ2) is 8.96. The van der Waals surface area contributed by atoms with Crippen LogP contribution in [0.4, 0.5) is 5.69 Å². The minimum Gasteiger partial charge on any atom is -0.481 e. The number of hydrogen-bond donors (Lipinski definition) is 2. The van der Waals surface area contributed by atoms with Crippen LogP contribution < -0.4 is 5.32 Å². The number of hydrogen-bond acceptors (Lipinski definition) is 5. The van der Waals surface area contributed by atoms with Gasteiger partial charge in [-0.1, -0.05) is 32.9 Å². The van der Waals surface area contributed by atoms with Crippen LogP contribution in [-0.4, -0.2) is 31.5 Å². The molecule has 8 nitrogen and oxygen atoms in total. The lowest BCUT2D eigenvalue weighted by Gasteiger charge is -2.22. The fourth-order valence-electron chi connectivity index (χ4n) is 3.30. The molecule has 0 bridgehead atoms. The maximum absolute atomic E-state index is 11.8. The molecule has 160 valence electrons. The number of carboxylic acids is 1. The van der Waals surface area contributed by atoms with Gasteiger partial charge < -0.3 is 15.0 Å². The monoisotopic (exact) mass is 419 g/mol. The van der Waals surface area contributed by atoms with Gasteiger partial charge in [-0.2, -0.15) is 5.26 Å². The number of carbonyl (C=O) groups excluding carboxylic acids is 1. The molecule has 0 unspecified atom stereocenters. The van der Waals surface area contributed by atoms with Crippen molar-refractivity contribution in [1.82, 2.24) is 14.5 Å². The second-order valence-corrected chi connectivity index (χ2v) is 8.68. The van der Waals surface area contributed by atoms with E-state index in [0.717, 1.165) is 28.8 Å². The normalized spacial score (nSPS) is 11.3. The van der Waals surface area contributed by atoms with Crippen molar-refractivity contribution in [2.24, 2.45) is 5.41 Å². The summed E-state index contributed by atoms with van der Waals surface area (Å²) >= 11 is 0. The molecule has 0 atom stereocenters. The Balaban J connectivity index is 1.82. The molecular formula is C23H25N5O3. The summed E-state index contributed by atoms with van der Waals surface area (Å²) in [6.45, 7) is 7.19. The van der Waals surface area contributed by atoms with Crippen molar-refractivity contribution in [2.75, 3.05) is 5.32 Å². The Labute approximate surface area is 180 Å². The number of nitriles is 1. The number of amides is 1. The summed E-state index contributed by atoms with van der Waals surface area (Å²) in [4.78, 5) is 30.9. The zero-order chi connectivity index (χ0) is 22.6. The molecule has 1 amide bonds. The van der Waals surface area contributed by atoms with Crippen molar-refractivity contribution >= 4 is 28.6 Å². The molecule has 2 N–H and O–H groups in total. The van der Waals surface area contributed by atoms with Crippen LogP contribution in [-0.2, 0) is 22.6 Å². The molecule has 0 saturated heterocycles. The average Bonchev–Trinajstić information content (AvgIpc) is 3.02. The fraction of sp³-hybridized carbons (Fsp3) is 0.348. The van der Waals surface area contributed by atoms with E-state index < -0.39 is 5.97 Å². The van der Waals surface area contributed by atoms with Crippen molar-refractivity contribution in [2.45, 2.75) is 46.6 Å². The number of carbonyl (C=O) groups is 2. The fourth-order valence-corrected chi connectivity index (χ4v) is 3.30. The molecule has 0 aliphatic heterocycles. The van der Waals surface area contributed by atoms with E-state index in [2.05, 4.69) is 40.6 Å². The third-order valence-corrected chi connectivity index (χ3v) is 4.64. The summed E-state index contributed by atoms with van der Waals surface area (Å²) in [6, 6.07) is 11.5. The smallest absolute Gasteiger partial charge is 0.303 e. The Morgan fingerprint density at radius 3 is 2.52 bits per heavy atom. The first-order valence-electron chi connectivity index (χ1n) is 10.0. The van der Waals surface area contributed by atoms with Gasteiger partial charge in [0.1, 0.15) is 11.7 Å². The minimum absolute atomic E-state index is 0.0164. The van der Waals surface area contributed by atoms with Gasteiger partial charge >= 0.3 is 5.97 Å². The molecule has 1 aromatic carbocycles. The van der Waals surface area contributed by atoms with Crippen LogP contribution in [0.3, 0.4) is 0 Å². The van der Waals surface area contributed by atoms with E-state index in [0.29, 0.717) is 12.1 Å². The molecule has 3 aromatic rings. The standard InChI is InChI=1S/C23H25N5O3/c1-23(2,3)14-28-18(11-16-13-25-19(12-24)27-22(16)28)10-15-4-6-17(7-5-15)26-20(29)8-9-21(30)31/h4-7,11,13H,8-10,14H2,1-3H3,(H,26,29)(H,30,31). The quantitative estimate of drug-likeness (QED) is 0.602. The molecule has 3 rings (SSSR count). The Hall–Kier alpha value is -3.73. The van der Waals surface area contributed by atoms with Crippen molar-refractivity contribution < 1.29 is 14.7 Å². The number of carboxylic acid groups (broad SMARTS) is 1. The highest BCUT2D eigenvalue weighted by atomic mass is 16.4. The Morgan fingerprint density at radius 2 is 1.90 bits per heavy atom. The molecule has 0 aliphatic rings. The molecule has 2 heterocycles. The van der Waals surface area contributed by atoms with Gasteiger partial charge in [0.15, 0.2) is 0 Å². The van der Waals surface area contributed by atoms with E-state index in [1.165, 1.54) is 0 Å². The summed E-state index contributed by atoms with van der Waals surface area (Å²) in [5.41, 5.74) is 3.50. The zero-order valence-corrected chi connectivity index (χ0v) is 17.8. The van der Waals surface area contributed by atoms with Crippen LogP contribution in [0.25, 0.3) is 11.0 Å². The van der Waals surface area contributed by atoms with Crippen molar-refractivity contribution in [1.29, 1.82) is 5.26 Å². The lowest BCUT2D eigenvalue weighted by molar-refractivity contribution is -0.138. The van der Waals surface area contributed by atoms with Crippen LogP contribution in [0, 0.1) is 16.7 Å². The maximum Gasteiger partial charge on any atom is 0.303 e. The van der Waals surface area contributed by atoms with E-state index in [9.17, 15) is 9.59 Å². The number of benzene rings is 1. The van der Waals surface area contributed by atoms with Crippen molar-refractivity contribution in [3.05, 3.63) is 53.6 Å². The van der Waals surface area contributed by atoms with Crippen molar-refractivity contribution in [3.63, 3.8) is 0 Å². The van der Waals surface area contributed by atoms with E-state index in [-0.39, 0.29) is 30.0 Å². The highest BCUT2D eigenvalue weighted by Crippen LogP contribution is 2.26. The number of nitrogens with zero attached hydrogens (tertiary/aromatic N) is 4. The highest BCUT2D eigenvalue weighted by Gasteiger charge is 2.18. The van der Waals surface area contributed by atoms with Gasteiger partial charge in [-0.15, -0.1) is 0 Å². The van der Waals surface area contributed by atoms with Crippen LogP contribution in [0.1, 0.15) is 50.7 Å². The number of aliphatic carboxylic acids is 1. The molecule has 0 saturated carbocycles. The Kier molecular flexibility index (Phi) is 6.35. The van der Waals surface area contributed by atoms with E-state index in [1.807, 2.05) is 24.3 Å². The second-order valence-electron chi connectivity index (χ2n) is 8.68. The van der Waals surface area contributed by atoms with Crippen LogP contribution in [0.5, 0.6) is 0 Å². The first-order valence-corrected chi connectivity index (χ1v) is 10.0. The van der Waals surface area contributed by atoms with Crippen LogP contribution in [0.2, 0.25) is 0 Å². The number of aromatic nitrogens is 3. The van der Waals surface area contributed by atoms with Gasteiger partial charge in [0.25, 0.3) is 0 Å². The van der Waals surface area contributed by atoms with Crippen molar-refractivity contribution in [3.8, 4) is 6.07 Å². The average molecular weight is 419 g/mol. The van der Waals surface area contributed by atoms with Gasteiger partial charge in [-0.3, -0.25) is 9.59 Å². The zero-order valence-electron chi connectivity index (χ0n) is 17.8. The summed E-state index contributed by atoms with van der Waals surface area (Å²) in [6.07, 6.45) is 2.08. The van der Waals surface area contributed by atoms with Gasteiger partial charge in [-0.05, 0) is 29.2 Å². The molecular weight excluding hydrogens is 394 g/mol. The Bertz CT molecular complexity index is 1150. The summed E-state index contributed by atoms with van der Waals surface area (Å²) in [7, 11) is 0.